The minimum absolute atomic E-state index is 0.244. The summed E-state index contributed by atoms with van der Waals surface area (Å²) in [4.78, 5) is 13.2. The summed E-state index contributed by atoms with van der Waals surface area (Å²) in [5.74, 6) is 0.824. The molecule has 2 fully saturated rings. The van der Waals surface area contributed by atoms with Crippen molar-refractivity contribution >= 4 is 17.5 Å². The Kier molecular flexibility index (Phi) is 3.09. The molecule has 2 aliphatic rings. The molecule has 1 N–H and O–H groups in total. The monoisotopic (exact) mass is 246 g/mol. The molecule has 1 aliphatic carbocycles. The Labute approximate surface area is 107 Å². The number of nitrogens with zero attached hydrogens (tertiary/aromatic N) is 1. The highest BCUT2D eigenvalue weighted by molar-refractivity contribution is 5.89. The molecule has 0 atom stereocenters. The average molecular weight is 246 g/mol. The summed E-state index contributed by atoms with van der Waals surface area (Å²) < 4.78 is 4.95. The molecule has 3 rings (SSSR count). The van der Waals surface area contributed by atoms with Gasteiger partial charge < -0.3 is 10.1 Å². The van der Waals surface area contributed by atoms with E-state index in [0.717, 1.165) is 23.8 Å². The first kappa shape index (κ1) is 11.4. The molecule has 0 spiro atoms. The molecule has 1 amide bonds. The van der Waals surface area contributed by atoms with Crippen molar-refractivity contribution in [3.05, 3.63) is 24.3 Å². The van der Waals surface area contributed by atoms with Crippen molar-refractivity contribution in [2.45, 2.75) is 19.3 Å². The number of hydrogen-bond donors (Lipinski definition) is 1. The van der Waals surface area contributed by atoms with Gasteiger partial charge in [0.1, 0.15) is 6.61 Å². The van der Waals surface area contributed by atoms with Crippen LogP contribution in [-0.2, 0) is 4.74 Å². The first-order valence-electron chi connectivity index (χ1n) is 6.61. The van der Waals surface area contributed by atoms with Crippen LogP contribution < -0.4 is 10.2 Å². The van der Waals surface area contributed by atoms with E-state index in [-0.39, 0.29) is 6.09 Å². The van der Waals surface area contributed by atoms with Crippen LogP contribution in [0.2, 0.25) is 0 Å². The van der Waals surface area contributed by atoms with Gasteiger partial charge >= 0.3 is 6.09 Å². The van der Waals surface area contributed by atoms with Crippen LogP contribution in [0.5, 0.6) is 0 Å². The molecule has 1 aliphatic heterocycles. The van der Waals surface area contributed by atoms with Gasteiger partial charge in [0.05, 0.1) is 6.54 Å². The van der Waals surface area contributed by atoms with Gasteiger partial charge in [-0.1, -0.05) is 12.5 Å². The number of hydrogen-bond acceptors (Lipinski definition) is 3. The molecule has 1 aromatic carbocycles. The molecule has 4 heteroatoms. The molecule has 4 nitrogen and oxygen atoms in total. The van der Waals surface area contributed by atoms with Gasteiger partial charge in [0.2, 0.25) is 0 Å². The maximum absolute atomic E-state index is 11.5. The molecule has 0 unspecified atom stereocenters. The first-order valence-corrected chi connectivity index (χ1v) is 6.61. The third-order valence-corrected chi connectivity index (χ3v) is 3.74. The molecular weight excluding hydrogens is 228 g/mol. The summed E-state index contributed by atoms with van der Waals surface area (Å²) in [6, 6.07) is 7.99. The van der Waals surface area contributed by atoms with Crippen LogP contribution in [0.4, 0.5) is 16.2 Å². The zero-order valence-corrected chi connectivity index (χ0v) is 10.4. The van der Waals surface area contributed by atoms with E-state index in [1.54, 1.807) is 4.90 Å². The highest BCUT2D eigenvalue weighted by Crippen LogP contribution is 2.27. The predicted octanol–water partition coefficient (Wildman–Crippen LogP) is 2.86. The number of carbonyl (C=O) groups is 1. The second-order valence-corrected chi connectivity index (χ2v) is 4.99. The third-order valence-electron chi connectivity index (χ3n) is 3.74. The zero-order chi connectivity index (χ0) is 12.4. The van der Waals surface area contributed by atoms with Crippen molar-refractivity contribution < 1.29 is 9.53 Å². The summed E-state index contributed by atoms with van der Waals surface area (Å²) in [6.45, 7) is 2.16. The molecule has 1 saturated carbocycles. The molecule has 0 aromatic heterocycles. The fourth-order valence-corrected chi connectivity index (χ4v) is 2.37. The van der Waals surface area contributed by atoms with Gasteiger partial charge in [-0.25, -0.2) is 4.79 Å². The molecule has 0 radical (unpaired) electrons. The first-order chi connectivity index (χ1) is 8.83. The number of nitrogens with one attached hydrogen (secondary N) is 1. The quantitative estimate of drug-likeness (QED) is 0.888. The topological polar surface area (TPSA) is 41.6 Å². The average Bonchev–Trinajstić information content (AvgIpc) is 2.74. The van der Waals surface area contributed by atoms with Gasteiger partial charge in [-0.3, -0.25) is 4.90 Å². The van der Waals surface area contributed by atoms with Crippen LogP contribution in [0, 0.1) is 5.92 Å². The lowest BCUT2D eigenvalue weighted by Crippen LogP contribution is -2.24. The maximum Gasteiger partial charge on any atom is 0.414 e. The lowest BCUT2D eigenvalue weighted by atomic mass is 9.85. The van der Waals surface area contributed by atoms with Crippen LogP contribution in [0.3, 0.4) is 0 Å². The van der Waals surface area contributed by atoms with E-state index in [2.05, 4.69) is 5.32 Å². The Morgan fingerprint density at radius 1 is 1.39 bits per heavy atom. The number of cyclic esters (lactones) is 1. The summed E-state index contributed by atoms with van der Waals surface area (Å²) in [6.07, 6.45) is 3.80. The minimum Gasteiger partial charge on any atom is -0.447 e. The van der Waals surface area contributed by atoms with E-state index in [9.17, 15) is 4.79 Å². The highest BCUT2D eigenvalue weighted by atomic mass is 16.6. The second kappa shape index (κ2) is 4.88. The second-order valence-electron chi connectivity index (χ2n) is 4.99. The Balaban J connectivity index is 1.66. The molecule has 96 valence electrons. The Morgan fingerprint density at radius 2 is 2.28 bits per heavy atom. The normalized spacial score (nSPS) is 19.6. The molecular formula is C14H18N2O2. The van der Waals surface area contributed by atoms with Gasteiger partial charge in [0.15, 0.2) is 0 Å². The standard InChI is InChI=1S/C14H18N2O2/c17-14-16(7-8-18-14)13-6-2-5-12(9-13)15-10-11-3-1-4-11/h2,5-6,9,11,15H,1,3-4,7-8,10H2. The van der Waals surface area contributed by atoms with Crippen molar-refractivity contribution in [3.8, 4) is 0 Å². The van der Waals surface area contributed by atoms with Crippen LogP contribution in [0.15, 0.2) is 24.3 Å². The van der Waals surface area contributed by atoms with E-state index >= 15 is 0 Å². The Hall–Kier alpha value is -1.71. The van der Waals surface area contributed by atoms with Gasteiger partial charge in [0.25, 0.3) is 0 Å². The highest BCUT2D eigenvalue weighted by Gasteiger charge is 2.23. The van der Waals surface area contributed by atoms with Crippen LogP contribution in [0.25, 0.3) is 0 Å². The van der Waals surface area contributed by atoms with E-state index in [0.29, 0.717) is 13.2 Å². The number of anilines is 2. The summed E-state index contributed by atoms with van der Waals surface area (Å²) in [5.41, 5.74) is 2.00. The molecule has 1 aromatic rings. The Morgan fingerprint density at radius 3 is 2.94 bits per heavy atom. The number of amides is 1. The number of rotatable bonds is 4. The molecule has 1 heterocycles. The minimum atomic E-state index is -0.244. The van der Waals surface area contributed by atoms with E-state index in [1.807, 2.05) is 24.3 Å². The summed E-state index contributed by atoms with van der Waals surface area (Å²) >= 11 is 0. The largest absolute Gasteiger partial charge is 0.447 e. The molecule has 0 bridgehead atoms. The lowest BCUT2D eigenvalue weighted by Gasteiger charge is -2.26. The number of ether oxygens (including phenoxy) is 1. The Bertz CT molecular complexity index is 443. The molecule has 18 heavy (non-hydrogen) atoms. The number of benzene rings is 1. The third kappa shape index (κ3) is 2.28. The van der Waals surface area contributed by atoms with Crippen molar-refractivity contribution in [3.63, 3.8) is 0 Å². The SMILES string of the molecule is O=C1OCCN1c1cccc(NCC2CCC2)c1. The van der Waals surface area contributed by atoms with Gasteiger partial charge in [-0.2, -0.15) is 0 Å². The van der Waals surface area contributed by atoms with Crippen molar-refractivity contribution in [2.24, 2.45) is 5.92 Å². The zero-order valence-electron chi connectivity index (χ0n) is 10.4. The smallest absolute Gasteiger partial charge is 0.414 e. The van der Waals surface area contributed by atoms with Gasteiger partial charge in [0, 0.05) is 17.9 Å². The maximum atomic E-state index is 11.5. The van der Waals surface area contributed by atoms with E-state index in [1.165, 1.54) is 19.3 Å². The molecule has 1 saturated heterocycles. The van der Waals surface area contributed by atoms with Gasteiger partial charge in [-0.15, -0.1) is 0 Å². The summed E-state index contributed by atoms with van der Waals surface area (Å²) in [5, 5.41) is 3.45. The van der Waals surface area contributed by atoms with E-state index in [4.69, 9.17) is 4.74 Å². The predicted molar refractivity (Wildman–Crippen MR) is 71.0 cm³/mol. The van der Waals surface area contributed by atoms with Crippen LogP contribution >= 0.6 is 0 Å². The van der Waals surface area contributed by atoms with Crippen molar-refractivity contribution in [2.75, 3.05) is 29.9 Å². The van der Waals surface area contributed by atoms with Crippen molar-refractivity contribution in [1.29, 1.82) is 0 Å². The van der Waals surface area contributed by atoms with E-state index < -0.39 is 0 Å². The van der Waals surface area contributed by atoms with Crippen molar-refractivity contribution in [1.82, 2.24) is 0 Å². The number of carbonyl (C=O) groups excluding carboxylic acids is 1. The van der Waals surface area contributed by atoms with Crippen LogP contribution in [0.1, 0.15) is 19.3 Å². The van der Waals surface area contributed by atoms with Gasteiger partial charge in [-0.05, 0) is 37.0 Å². The fourth-order valence-electron chi connectivity index (χ4n) is 2.37. The lowest BCUT2D eigenvalue weighted by molar-refractivity contribution is 0.181. The fraction of sp³-hybridized carbons (Fsp3) is 0.500. The van der Waals surface area contributed by atoms with Crippen LogP contribution in [-0.4, -0.2) is 25.8 Å². The summed E-state index contributed by atoms with van der Waals surface area (Å²) in [7, 11) is 0.